The molecule has 168 valence electrons. The van der Waals surface area contributed by atoms with Gasteiger partial charge in [0, 0.05) is 5.69 Å². The number of carbonyl (C=O) groups is 2. The Morgan fingerprint density at radius 2 is 1.82 bits per heavy atom. The van der Waals surface area contributed by atoms with Gasteiger partial charge in [-0.3, -0.25) is 9.69 Å². The molecule has 2 aliphatic rings. The predicted molar refractivity (Wildman–Crippen MR) is 118 cm³/mol. The van der Waals surface area contributed by atoms with Crippen LogP contribution in [0.4, 0.5) is 22.4 Å². The number of para-hydroxylation sites is 1. The highest BCUT2D eigenvalue weighted by Crippen LogP contribution is 2.37. The Labute approximate surface area is 188 Å². The molecule has 3 aromatic rings. The number of nitrogens with two attached hydrogens (primary N) is 1. The first-order valence-electron chi connectivity index (χ1n) is 10.3. The molecular formula is C22H21N7O4. The van der Waals surface area contributed by atoms with Crippen molar-refractivity contribution >= 4 is 29.5 Å². The van der Waals surface area contributed by atoms with Crippen LogP contribution >= 0.6 is 0 Å². The standard InChI is InChI=1S/C22H21N7O4/c1-22(13-7-8-15-16(11-13)33-10-9-32-15)18(30)29(21(31)28-22)12-17-25-19(23)27-20(26-17)24-14-5-3-2-4-6-14/h2-8,11H,9-10,12H2,1H3,(H,28,31)(H3,23,24,25,26,27)/t22-/m1/s1. The number of imide groups is 1. The number of nitrogens with zero attached hydrogens (tertiary/aromatic N) is 4. The highest BCUT2D eigenvalue weighted by Gasteiger charge is 2.49. The maximum absolute atomic E-state index is 13.3. The maximum atomic E-state index is 13.3. The molecule has 0 bridgehead atoms. The van der Waals surface area contributed by atoms with Gasteiger partial charge in [0.05, 0.1) is 6.54 Å². The van der Waals surface area contributed by atoms with E-state index in [-0.39, 0.29) is 24.3 Å². The fourth-order valence-corrected chi connectivity index (χ4v) is 3.75. The molecule has 5 rings (SSSR count). The van der Waals surface area contributed by atoms with Crippen LogP contribution in [0.15, 0.2) is 48.5 Å². The number of urea groups is 1. The lowest BCUT2D eigenvalue weighted by atomic mass is 9.91. The molecule has 2 aliphatic heterocycles. The van der Waals surface area contributed by atoms with Gasteiger partial charge >= 0.3 is 6.03 Å². The van der Waals surface area contributed by atoms with Crippen molar-refractivity contribution in [2.75, 3.05) is 24.3 Å². The zero-order valence-corrected chi connectivity index (χ0v) is 17.7. The molecule has 4 N–H and O–H groups in total. The van der Waals surface area contributed by atoms with E-state index >= 15 is 0 Å². The van der Waals surface area contributed by atoms with E-state index in [1.54, 1.807) is 25.1 Å². The van der Waals surface area contributed by atoms with Crippen LogP contribution in [0.5, 0.6) is 11.5 Å². The summed E-state index contributed by atoms with van der Waals surface area (Å²) in [7, 11) is 0. The number of anilines is 3. The van der Waals surface area contributed by atoms with E-state index in [0.29, 0.717) is 30.3 Å². The molecule has 33 heavy (non-hydrogen) atoms. The summed E-state index contributed by atoms with van der Waals surface area (Å²) in [6.07, 6.45) is 0. The van der Waals surface area contributed by atoms with Gasteiger partial charge in [0.2, 0.25) is 11.9 Å². The first kappa shape index (κ1) is 20.5. The predicted octanol–water partition coefficient (Wildman–Crippen LogP) is 1.94. The summed E-state index contributed by atoms with van der Waals surface area (Å²) in [6.45, 7) is 2.35. The summed E-state index contributed by atoms with van der Waals surface area (Å²) in [6, 6.07) is 13.9. The van der Waals surface area contributed by atoms with E-state index in [2.05, 4.69) is 25.6 Å². The van der Waals surface area contributed by atoms with Crippen molar-refractivity contribution in [1.82, 2.24) is 25.2 Å². The number of fused-ring (bicyclic) bond motifs is 1. The first-order valence-corrected chi connectivity index (χ1v) is 10.3. The van der Waals surface area contributed by atoms with E-state index < -0.39 is 17.5 Å². The van der Waals surface area contributed by atoms with Gasteiger partial charge in [-0.2, -0.15) is 15.0 Å². The van der Waals surface area contributed by atoms with Crippen molar-refractivity contribution in [3.63, 3.8) is 0 Å². The van der Waals surface area contributed by atoms with Gasteiger partial charge in [0.1, 0.15) is 18.8 Å². The average Bonchev–Trinajstić information content (AvgIpc) is 3.03. The number of amides is 3. The lowest BCUT2D eigenvalue weighted by Crippen LogP contribution is -2.41. The Kier molecular flexibility index (Phi) is 4.93. The molecule has 1 atom stereocenters. The number of benzene rings is 2. The van der Waals surface area contributed by atoms with E-state index in [0.717, 1.165) is 10.6 Å². The molecular weight excluding hydrogens is 426 g/mol. The number of nitrogens with one attached hydrogen (secondary N) is 2. The number of ether oxygens (including phenoxy) is 2. The van der Waals surface area contributed by atoms with E-state index in [9.17, 15) is 9.59 Å². The van der Waals surface area contributed by atoms with Crippen LogP contribution < -0.4 is 25.8 Å². The lowest BCUT2D eigenvalue weighted by Gasteiger charge is -2.25. The van der Waals surface area contributed by atoms with Gasteiger partial charge in [-0.1, -0.05) is 24.3 Å². The molecule has 3 heterocycles. The van der Waals surface area contributed by atoms with Crippen molar-refractivity contribution < 1.29 is 19.1 Å². The fourth-order valence-electron chi connectivity index (χ4n) is 3.75. The van der Waals surface area contributed by atoms with Gasteiger partial charge < -0.3 is 25.8 Å². The number of hydrogen-bond donors (Lipinski definition) is 3. The summed E-state index contributed by atoms with van der Waals surface area (Å²) < 4.78 is 11.2. The molecule has 0 unspecified atom stereocenters. The van der Waals surface area contributed by atoms with Crippen molar-refractivity contribution in [2.45, 2.75) is 19.0 Å². The molecule has 1 fully saturated rings. The third-order valence-electron chi connectivity index (χ3n) is 5.42. The largest absolute Gasteiger partial charge is 0.486 e. The average molecular weight is 447 g/mol. The van der Waals surface area contributed by atoms with Crippen LogP contribution in [0, 0.1) is 0 Å². The monoisotopic (exact) mass is 447 g/mol. The van der Waals surface area contributed by atoms with Gasteiger partial charge in [-0.05, 0) is 36.8 Å². The topological polar surface area (TPSA) is 145 Å². The number of nitrogen functional groups attached to an aromatic ring is 1. The third-order valence-corrected chi connectivity index (χ3v) is 5.42. The Morgan fingerprint density at radius 3 is 2.61 bits per heavy atom. The van der Waals surface area contributed by atoms with Crippen molar-refractivity contribution in [2.24, 2.45) is 0 Å². The highest BCUT2D eigenvalue weighted by molar-refractivity contribution is 6.07. The normalized spacial score (nSPS) is 19.4. The molecule has 0 radical (unpaired) electrons. The van der Waals surface area contributed by atoms with Crippen molar-refractivity contribution in [3.8, 4) is 11.5 Å². The highest BCUT2D eigenvalue weighted by atomic mass is 16.6. The Morgan fingerprint density at radius 1 is 1.06 bits per heavy atom. The summed E-state index contributed by atoms with van der Waals surface area (Å²) in [5.41, 5.74) is 5.89. The number of aromatic nitrogens is 3. The second kappa shape index (κ2) is 7.93. The number of rotatable bonds is 5. The smallest absolute Gasteiger partial charge is 0.325 e. The van der Waals surface area contributed by atoms with Crippen LogP contribution in [0.1, 0.15) is 18.3 Å². The Balaban J connectivity index is 1.39. The molecule has 0 aliphatic carbocycles. The maximum Gasteiger partial charge on any atom is 0.325 e. The van der Waals surface area contributed by atoms with Crippen molar-refractivity contribution in [1.29, 1.82) is 0 Å². The fraction of sp³-hybridized carbons (Fsp3) is 0.227. The summed E-state index contributed by atoms with van der Waals surface area (Å²) in [4.78, 5) is 39.6. The molecule has 0 spiro atoms. The van der Waals surface area contributed by atoms with Crippen molar-refractivity contribution in [3.05, 3.63) is 59.9 Å². The van der Waals surface area contributed by atoms with Gasteiger partial charge in [0.15, 0.2) is 17.3 Å². The summed E-state index contributed by atoms with van der Waals surface area (Å²) in [5.74, 6) is 1.05. The summed E-state index contributed by atoms with van der Waals surface area (Å²) >= 11 is 0. The summed E-state index contributed by atoms with van der Waals surface area (Å²) in [5, 5.41) is 5.80. The minimum absolute atomic E-state index is 0.0277. The van der Waals surface area contributed by atoms with Crippen LogP contribution in [0.2, 0.25) is 0 Å². The van der Waals surface area contributed by atoms with Crippen LogP contribution in [0.3, 0.4) is 0 Å². The lowest BCUT2D eigenvalue weighted by molar-refractivity contribution is -0.131. The van der Waals surface area contributed by atoms with Gasteiger partial charge in [-0.25, -0.2) is 4.79 Å². The third kappa shape index (κ3) is 3.84. The van der Waals surface area contributed by atoms with Gasteiger partial charge in [-0.15, -0.1) is 0 Å². The van der Waals surface area contributed by atoms with Gasteiger partial charge in [0.25, 0.3) is 5.91 Å². The Hall–Kier alpha value is -4.41. The number of hydrogen-bond acceptors (Lipinski definition) is 9. The van der Waals surface area contributed by atoms with Crippen LogP contribution in [0.25, 0.3) is 0 Å². The molecule has 2 aromatic carbocycles. The van der Waals surface area contributed by atoms with E-state index in [1.165, 1.54) is 0 Å². The minimum atomic E-state index is -1.28. The van der Waals surface area contributed by atoms with E-state index in [1.807, 2.05) is 30.3 Å². The second-order valence-corrected chi connectivity index (χ2v) is 7.73. The molecule has 1 aromatic heterocycles. The quantitative estimate of drug-likeness (QED) is 0.500. The Bertz CT molecular complexity index is 1240. The second-order valence-electron chi connectivity index (χ2n) is 7.73. The minimum Gasteiger partial charge on any atom is -0.486 e. The molecule has 3 amide bonds. The molecule has 0 saturated carbocycles. The van der Waals surface area contributed by atoms with Crippen LogP contribution in [-0.2, 0) is 16.9 Å². The van der Waals surface area contributed by atoms with Crippen LogP contribution in [-0.4, -0.2) is 45.0 Å². The zero-order chi connectivity index (χ0) is 23.0. The molecule has 11 nitrogen and oxygen atoms in total. The number of carbonyl (C=O) groups excluding carboxylic acids is 2. The molecule has 1 saturated heterocycles. The van der Waals surface area contributed by atoms with E-state index in [4.69, 9.17) is 15.2 Å². The zero-order valence-electron chi connectivity index (χ0n) is 17.7. The molecule has 11 heteroatoms. The SMILES string of the molecule is C[C@]1(c2ccc3c(c2)OCCO3)NC(=O)N(Cc2nc(N)nc(Nc3ccccc3)n2)C1=O. The first-order chi connectivity index (χ1) is 15.9.